The van der Waals surface area contributed by atoms with E-state index in [1.54, 1.807) is 0 Å². The molecular weight excluding hydrogens is 404 g/mol. The Bertz CT molecular complexity index is 649. The van der Waals surface area contributed by atoms with E-state index in [-0.39, 0.29) is 0 Å². The Hall–Kier alpha value is -0.840. The summed E-state index contributed by atoms with van der Waals surface area (Å²) in [6.07, 6.45) is -5.14. The number of rotatable bonds is 7. The summed E-state index contributed by atoms with van der Waals surface area (Å²) in [6, 6.07) is 0. The molecule has 0 aliphatic heterocycles. The SMILES string of the molecule is CC(F)(F)C(F)(F)C(F)(F)S(=O)(=O)NS(=O)(=O)C(F)(F)C(F)F. The molecule has 0 aromatic carbocycles. The number of hydrogen-bond acceptors (Lipinski definition) is 4. The van der Waals surface area contributed by atoms with Crippen LogP contribution in [-0.4, -0.2) is 45.6 Å². The molecule has 0 atom stereocenters. The van der Waals surface area contributed by atoms with Crippen LogP contribution in [0.5, 0.6) is 0 Å². The number of nitrogens with one attached hydrogen (secondary N) is 1. The summed E-state index contributed by atoms with van der Waals surface area (Å²) >= 11 is 0. The van der Waals surface area contributed by atoms with Gasteiger partial charge in [-0.1, -0.05) is 4.13 Å². The molecule has 5 nitrogen and oxygen atoms in total. The molecule has 1 N–H and O–H groups in total. The van der Waals surface area contributed by atoms with Gasteiger partial charge in [0, 0.05) is 6.92 Å². The van der Waals surface area contributed by atoms with Crippen molar-refractivity contribution in [1.82, 2.24) is 4.13 Å². The second kappa shape index (κ2) is 5.61. The van der Waals surface area contributed by atoms with E-state index in [1.165, 1.54) is 0 Å². The molecule has 0 aromatic heterocycles. The maximum absolute atomic E-state index is 13.0. The maximum Gasteiger partial charge on any atom is 0.427 e. The second-order valence-corrected chi connectivity index (χ2v) is 7.67. The van der Waals surface area contributed by atoms with E-state index < -0.39 is 59.9 Å². The maximum atomic E-state index is 13.0. The third kappa shape index (κ3) is 3.49. The summed E-state index contributed by atoms with van der Waals surface area (Å²) in [6.45, 7) is -0.876. The number of hydrogen-bond donors (Lipinski definition) is 1. The molecule has 23 heavy (non-hydrogen) atoms. The summed E-state index contributed by atoms with van der Waals surface area (Å²) in [5.41, 5.74) is 0. The molecule has 0 unspecified atom stereocenters. The van der Waals surface area contributed by atoms with E-state index in [2.05, 4.69) is 0 Å². The highest BCUT2D eigenvalue weighted by molar-refractivity contribution is 8.05. The van der Waals surface area contributed by atoms with Crippen LogP contribution in [0, 0.1) is 0 Å². The lowest BCUT2D eigenvalue weighted by Crippen LogP contribution is -2.61. The predicted molar refractivity (Wildman–Crippen MR) is 52.4 cm³/mol. The Morgan fingerprint density at radius 1 is 0.783 bits per heavy atom. The number of alkyl halides is 10. The van der Waals surface area contributed by atoms with Gasteiger partial charge >= 0.3 is 28.8 Å². The van der Waals surface area contributed by atoms with Gasteiger partial charge in [0.1, 0.15) is 0 Å². The highest BCUT2D eigenvalue weighted by atomic mass is 32.3. The Balaban J connectivity index is 6.06. The molecule has 0 saturated heterocycles. The molecule has 0 spiro atoms. The topological polar surface area (TPSA) is 80.3 Å². The zero-order chi connectivity index (χ0) is 19.3. The van der Waals surface area contributed by atoms with E-state index in [0.29, 0.717) is 0 Å². The van der Waals surface area contributed by atoms with Gasteiger partial charge in [-0.25, -0.2) is 25.6 Å². The van der Waals surface area contributed by atoms with E-state index in [9.17, 15) is 60.7 Å². The Morgan fingerprint density at radius 2 is 1.13 bits per heavy atom. The first-order valence-electron chi connectivity index (χ1n) is 4.72. The van der Waals surface area contributed by atoms with Crippen molar-refractivity contribution in [3.05, 3.63) is 0 Å². The smallest absolute Gasteiger partial charge is 0.205 e. The Labute approximate surface area is 121 Å². The highest BCUT2D eigenvalue weighted by Gasteiger charge is 2.76. The third-order valence-corrected chi connectivity index (χ3v) is 5.67. The lowest BCUT2D eigenvalue weighted by molar-refractivity contribution is -0.271. The van der Waals surface area contributed by atoms with E-state index >= 15 is 0 Å². The van der Waals surface area contributed by atoms with Crippen LogP contribution in [0.25, 0.3) is 0 Å². The lowest BCUT2D eigenvalue weighted by atomic mass is 10.2. The highest BCUT2D eigenvalue weighted by Crippen LogP contribution is 2.48. The fraction of sp³-hybridized carbons (Fsp3) is 1.00. The van der Waals surface area contributed by atoms with Gasteiger partial charge in [-0.15, -0.1) is 0 Å². The van der Waals surface area contributed by atoms with Crippen LogP contribution in [0.1, 0.15) is 6.92 Å². The first-order chi connectivity index (χ1) is 9.65. The minimum absolute atomic E-state index is 0.776. The molecule has 0 rings (SSSR count). The van der Waals surface area contributed by atoms with Crippen molar-refractivity contribution in [2.75, 3.05) is 0 Å². The molecule has 0 saturated carbocycles. The molecular formula is C6H5F10NO4S2. The first-order valence-corrected chi connectivity index (χ1v) is 7.69. The van der Waals surface area contributed by atoms with Crippen molar-refractivity contribution in [2.45, 2.75) is 35.7 Å². The lowest BCUT2D eigenvalue weighted by Gasteiger charge is -2.30. The van der Waals surface area contributed by atoms with Crippen molar-refractivity contribution in [1.29, 1.82) is 0 Å². The standard InChI is InChI=1S/C6H5F10NO4S2/c1-3(9,10)5(13,14)6(15,16)23(20,21)17-22(18,19)4(11,12)2(7)8/h2,17H,1H3. The molecule has 0 heterocycles. The van der Waals surface area contributed by atoms with Crippen molar-refractivity contribution in [2.24, 2.45) is 0 Å². The van der Waals surface area contributed by atoms with Gasteiger partial charge in [0.05, 0.1) is 0 Å². The number of sulfonamides is 2. The van der Waals surface area contributed by atoms with E-state index in [4.69, 9.17) is 0 Å². The van der Waals surface area contributed by atoms with Crippen LogP contribution < -0.4 is 4.13 Å². The van der Waals surface area contributed by atoms with Gasteiger partial charge in [0.25, 0.3) is 20.0 Å². The summed E-state index contributed by atoms with van der Waals surface area (Å²) < 4.78 is 167. The normalized spacial score (nSPS) is 16.0. The molecule has 0 bridgehead atoms. The minimum atomic E-state index is -7.49. The molecule has 0 amide bonds. The largest absolute Gasteiger partial charge is 0.427 e. The molecule has 17 heteroatoms. The second-order valence-electron chi connectivity index (χ2n) is 3.93. The molecule has 140 valence electrons. The van der Waals surface area contributed by atoms with Gasteiger partial charge in [-0.3, -0.25) is 0 Å². The summed E-state index contributed by atoms with van der Waals surface area (Å²) in [5.74, 6) is -12.5. The number of halogens is 10. The molecule has 0 aromatic rings. The molecule has 0 fully saturated rings. The van der Waals surface area contributed by atoms with Crippen LogP contribution in [0.4, 0.5) is 43.9 Å². The van der Waals surface area contributed by atoms with Crippen molar-refractivity contribution >= 4 is 20.0 Å². The quantitative estimate of drug-likeness (QED) is 0.653. The monoisotopic (exact) mass is 409 g/mol. The van der Waals surface area contributed by atoms with Gasteiger partial charge < -0.3 is 0 Å². The van der Waals surface area contributed by atoms with Crippen LogP contribution in [-0.2, 0) is 20.0 Å². The molecule has 0 aliphatic carbocycles. The van der Waals surface area contributed by atoms with Crippen LogP contribution >= 0.6 is 0 Å². The average Bonchev–Trinajstić information content (AvgIpc) is 2.24. The molecule has 0 radical (unpaired) electrons. The van der Waals surface area contributed by atoms with Gasteiger partial charge in [0.2, 0.25) is 0 Å². The van der Waals surface area contributed by atoms with Crippen molar-refractivity contribution in [3.8, 4) is 0 Å². The molecule has 0 aliphatic rings. The summed E-state index contributed by atoms with van der Waals surface area (Å²) in [4.78, 5) is 0. The van der Waals surface area contributed by atoms with Gasteiger partial charge in [-0.2, -0.15) is 35.1 Å². The average molecular weight is 409 g/mol. The third-order valence-electron chi connectivity index (χ3n) is 2.09. The Morgan fingerprint density at radius 3 is 1.39 bits per heavy atom. The van der Waals surface area contributed by atoms with Crippen LogP contribution in [0.3, 0.4) is 0 Å². The van der Waals surface area contributed by atoms with Gasteiger partial charge in [0.15, 0.2) is 0 Å². The first kappa shape index (κ1) is 22.2. The van der Waals surface area contributed by atoms with Gasteiger partial charge in [-0.05, 0) is 0 Å². The van der Waals surface area contributed by atoms with E-state index in [0.717, 1.165) is 0 Å². The minimum Gasteiger partial charge on any atom is -0.205 e. The fourth-order valence-corrected chi connectivity index (χ4v) is 3.56. The van der Waals surface area contributed by atoms with E-state index in [1.807, 2.05) is 0 Å². The van der Waals surface area contributed by atoms with Crippen molar-refractivity contribution in [3.63, 3.8) is 0 Å². The van der Waals surface area contributed by atoms with Crippen molar-refractivity contribution < 1.29 is 60.7 Å². The zero-order valence-electron chi connectivity index (χ0n) is 10.3. The summed E-state index contributed by atoms with van der Waals surface area (Å²) in [7, 11) is -14.7. The zero-order valence-corrected chi connectivity index (χ0v) is 11.9. The summed E-state index contributed by atoms with van der Waals surface area (Å²) in [5, 5.41) is -13.2. The Kier molecular flexibility index (Phi) is 5.40. The fourth-order valence-electron chi connectivity index (χ4n) is 0.794. The van der Waals surface area contributed by atoms with Crippen LogP contribution in [0.2, 0.25) is 0 Å². The predicted octanol–water partition coefficient (Wildman–Crippen LogP) is 1.98. The van der Waals surface area contributed by atoms with Crippen LogP contribution in [0.15, 0.2) is 0 Å².